The van der Waals surface area contributed by atoms with E-state index in [9.17, 15) is 15.0 Å². The Labute approximate surface area is 403 Å². The highest BCUT2D eigenvalue weighted by molar-refractivity contribution is 5.76. The van der Waals surface area contributed by atoms with Crippen molar-refractivity contribution in [3.05, 3.63) is 122 Å². The number of amides is 1. The van der Waals surface area contributed by atoms with Crippen LogP contribution in [0, 0.1) is 0 Å². The van der Waals surface area contributed by atoms with Crippen LogP contribution in [0.25, 0.3) is 0 Å². The summed E-state index contributed by atoms with van der Waals surface area (Å²) in [6.07, 6.45) is 84.8. The van der Waals surface area contributed by atoms with Crippen molar-refractivity contribution in [3.63, 3.8) is 0 Å². The minimum Gasteiger partial charge on any atom is -0.394 e. The van der Waals surface area contributed by atoms with Gasteiger partial charge in [-0.1, -0.05) is 264 Å². The molecule has 0 aliphatic heterocycles. The van der Waals surface area contributed by atoms with Gasteiger partial charge in [0.1, 0.15) is 0 Å². The normalized spacial score (nSPS) is 13.8. The predicted molar refractivity (Wildman–Crippen MR) is 289 cm³/mol. The van der Waals surface area contributed by atoms with E-state index in [0.717, 1.165) is 96.3 Å². The van der Waals surface area contributed by atoms with Crippen molar-refractivity contribution in [3.8, 4) is 0 Å². The average molecular weight is 898 g/mol. The van der Waals surface area contributed by atoms with Crippen LogP contribution >= 0.6 is 0 Å². The molecule has 0 aromatic carbocycles. The molecule has 0 radical (unpaired) electrons. The fraction of sp³-hybridized carbons (Fsp3) is 0.656. The third-order valence-electron chi connectivity index (χ3n) is 11.7. The highest BCUT2D eigenvalue weighted by atomic mass is 16.3. The van der Waals surface area contributed by atoms with Gasteiger partial charge >= 0.3 is 0 Å². The second-order valence-corrected chi connectivity index (χ2v) is 17.9. The van der Waals surface area contributed by atoms with Gasteiger partial charge in [-0.05, 0) is 89.9 Å². The van der Waals surface area contributed by atoms with Crippen LogP contribution in [0.15, 0.2) is 122 Å². The summed E-state index contributed by atoms with van der Waals surface area (Å²) < 4.78 is 0. The fourth-order valence-corrected chi connectivity index (χ4v) is 7.58. The maximum absolute atomic E-state index is 12.5. The summed E-state index contributed by atoms with van der Waals surface area (Å²) in [6, 6.07) is -0.650. The van der Waals surface area contributed by atoms with Gasteiger partial charge in [-0.3, -0.25) is 4.79 Å². The Balaban J connectivity index is 3.68. The number of nitrogens with one attached hydrogen (secondary N) is 1. The second kappa shape index (κ2) is 55.1. The van der Waals surface area contributed by atoms with Crippen LogP contribution < -0.4 is 5.32 Å². The van der Waals surface area contributed by atoms with Gasteiger partial charge in [0, 0.05) is 6.42 Å². The SMILES string of the molecule is CC/C=C\C/C=C\C/C=C\C/C=C\C/C=C\C/C=C\C/C=C\C/C=C\C/C=C\CCCCCC(=O)NC(CO)C(O)/C=C/CCCCCCCCCCCCCCCCCCCCCC. The minimum absolute atomic E-state index is 0.0994. The molecule has 370 valence electrons. The molecule has 0 saturated heterocycles. The molecule has 0 spiro atoms. The quantitative estimate of drug-likeness (QED) is 0.0421. The van der Waals surface area contributed by atoms with E-state index in [1.165, 1.54) is 122 Å². The zero-order valence-corrected chi connectivity index (χ0v) is 42.5. The maximum atomic E-state index is 12.5. The molecule has 2 unspecified atom stereocenters. The van der Waals surface area contributed by atoms with Gasteiger partial charge in [-0.2, -0.15) is 0 Å². The molecular weight excluding hydrogens is 795 g/mol. The Bertz CT molecular complexity index is 1290. The zero-order chi connectivity index (χ0) is 47.0. The lowest BCUT2D eigenvalue weighted by atomic mass is 10.0. The Morgan fingerprint density at radius 2 is 0.677 bits per heavy atom. The van der Waals surface area contributed by atoms with Crippen LogP contribution in [0.3, 0.4) is 0 Å². The van der Waals surface area contributed by atoms with Crippen LogP contribution in [0.4, 0.5) is 0 Å². The van der Waals surface area contributed by atoms with Gasteiger partial charge in [-0.25, -0.2) is 0 Å². The number of hydrogen-bond donors (Lipinski definition) is 3. The van der Waals surface area contributed by atoms with Crippen molar-refractivity contribution in [1.29, 1.82) is 0 Å². The van der Waals surface area contributed by atoms with E-state index in [1.807, 2.05) is 6.08 Å². The Kier molecular flexibility index (Phi) is 52.4. The summed E-state index contributed by atoms with van der Waals surface area (Å²) in [6.45, 7) is 4.19. The van der Waals surface area contributed by atoms with Gasteiger partial charge in [0.2, 0.25) is 5.91 Å². The highest BCUT2D eigenvalue weighted by Gasteiger charge is 2.17. The first-order valence-corrected chi connectivity index (χ1v) is 27.2. The summed E-state index contributed by atoms with van der Waals surface area (Å²) in [5.74, 6) is -0.0994. The van der Waals surface area contributed by atoms with E-state index in [1.54, 1.807) is 6.08 Å². The second-order valence-electron chi connectivity index (χ2n) is 17.9. The molecule has 0 heterocycles. The largest absolute Gasteiger partial charge is 0.394 e. The van der Waals surface area contributed by atoms with Gasteiger partial charge in [0.15, 0.2) is 0 Å². The highest BCUT2D eigenvalue weighted by Crippen LogP contribution is 2.15. The van der Waals surface area contributed by atoms with Crippen molar-refractivity contribution >= 4 is 5.91 Å². The third-order valence-corrected chi connectivity index (χ3v) is 11.7. The third kappa shape index (κ3) is 51.6. The number of hydrogen-bond acceptors (Lipinski definition) is 3. The average Bonchev–Trinajstić information content (AvgIpc) is 3.31. The molecule has 0 saturated carbocycles. The molecule has 65 heavy (non-hydrogen) atoms. The first kappa shape index (κ1) is 61.8. The monoisotopic (exact) mass is 898 g/mol. The molecule has 3 N–H and O–H groups in total. The lowest BCUT2D eigenvalue weighted by Gasteiger charge is -2.19. The summed E-state index contributed by atoms with van der Waals surface area (Å²) in [4.78, 5) is 12.5. The van der Waals surface area contributed by atoms with E-state index in [4.69, 9.17) is 0 Å². The number of carbonyl (C=O) groups excluding carboxylic acids is 1. The Hall–Kier alpha value is -3.21. The van der Waals surface area contributed by atoms with E-state index in [-0.39, 0.29) is 12.5 Å². The van der Waals surface area contributed by atoms with Crippen molar-refractivity contribution in [2.75, 3.05) is 6.61 Å². The van der Waals surface area contributed by atoms with E-state index >= 15 is 0 Å². The van der Waals surface area contributed by atoms with Crippen LogP contribution in [0.5, 0.6) is 0 Å². The van der Waals surface area contributed by atoms with Crippen LogP contribution in [-0.2, 0) is 4.79 Å². The minimum atomic E-state index is -0.863. The topological polar surface area (TPSA) is 69.6 Å². The smallest absolute Gasteiger partial charge is 0.220 e. The molecule has 0 aliphatic rings. The van der Waals surface area contributed by atoms with Crippen LogP contribution in [0.1, 0.15) is 239 Å². The molecule has 0 aliphatic carbocycles. The molecule has 4 nitrogen and oxygen atoms in total. The standard InChI is InChI=1S/C61H103NO3/c1-3-5-7-9-11-13-15-17-19-21-23-25-27-28-29-30-31-32-33-34-35-37-39-41-43-45-47-49-51-53-55-57-61(65)62-59(58-63)60(64)56-54-52-50-48-46-44-42-40-38-36-26-24-22-20-18-16-14-12-10-8-6-4-2/h5,7,11,13,17,19,23,25,28-29,31-32,34-35,39,41,45,47,54,56,59-60,63-64H,3-4,6,8-10,12,14-16,18,20-22,24,26-27,30,33,36-38,40,42-44,46,48-53,55,57-58H2,1-2H3,(H,62,65)/b7-5-,13-11-,19-17-,25-23-,29-28-,32-31-,35-34-,41-39-,47-45-,56-54+. The number of aliphatic hydroxyl groups excluding tert-OH is 2. The predicted octanol–water partition coefficient (Wildman–Crippen LogP) is 18.1. The molecule has 0 rings (SSSR count). The molecule has 1 amide bonds. The lowest BCUT2D eigenvalue weighted by Crippen LogP contribution is -2.45. The maximum Gasteiger partial charge on any atom is 0.220 e. The fourth-order valence-electron chi connectivity index (χ4n) is 7.58. The van der Waals surface area contributed by atoms with Gasteiger partial charge in [-0.15, -0.1) is 0 Å². The van der Waals surface area contributed by atoms with Gasteiger partial charge < -0.3 is 15.5 Å². The molecule has 0 fully saturated rings. The van der Waals surface area contributed by atoms with E-state index in [2.05, 4.69) is 129 Å². The summed E-state index contributed by atoms with van der Waals surface area (Å²) in [5.41, 5.74) is 0. The molecule has 0 aromatic heterocycles. The Morgan fingerprint density at radius 1 is 0.385 bits per heavy atom. The number of carbonyl (C=O) groups is 1. The summed E-state index contributed by atoms with van der Waals surface area (Å²) >= 11 is 0. The van der Waals surface area contributed by atoms with Gasteiger partial charge in [0.05, 0.1) is 18.8 Å². The van der Waals surface area contributed by atoms with E-state index < -0.39 is 12.1 Å². The molecule has 4 heteroatoms. The number of unbranched alkanes of at least 4 members (excludes halogenated alkanes) is 23. The van der Waals surface area contributed by atoms with Gasteiger partial charge in [0.25, 0.3) is 0 Å². The zero-order valence-electron chi connectivity index (χ0n) is 42.5. The molecule has 2 atom stereocenters. The first-order valence-electron chi connectivity index (χ1n) is 27.2. The number of aliphatic hydroxyl groups is 2. The molecular formula is C61H103NO3. The van der Waals surface area contributed by atoms with E-state index in [0.29, 0.717) is 6.42 Å². The van der Waals surface area contributed by atoms with Crippen LogP contribution in [0.2, 0.25) is 0 Å². The van der Waals surface area contributed by atoms with Crippen molar-refractivity contribution in [1.82, 2.24) is 5.32 Å². The van der Waals surface area contributed by atoms with Crippen molar-refractivity contribution < 1.29 is 15.0 Å². The summed E-state index contributed by atoms with van der Waals surface area (Å²) in [7, 11) is 0. The number of rotatable bonds is 48. The lowest BCUT2D eigenvalue weighted by molar-refractivity contribution is -0.123. The van der Waals surface area contributed by atoms with Crippen molar-refractivity contribution in [2.24, 2.45) is 0 Å². The Morgan fingerprint density at radius 3 is 1.02 bits per heavy atom. The van der Waals surface area contributed by atoms with Crippen LogP contribution in [-0.4, -0.2) is 34.9 Å². The number of allylic oxidation sites excluding steroid dienone is 19. The molecule has 0 bridgehead atoms. The first-order chi connectivity index (χ1) is 32.2. The summed E-state index contributed by atoms with van der Waals surface area (Å²) in [5, 5.41) is 23.1. The molecule has 0 aromatic rings. The van der Waals surface area contributed by atoms with Crippen molar-refractivity contribution in [2.45, 2.75) is 251 Å².